The Morgan fingerprint density at radius 2 is 1.88 bits per heavy atom. The molecule has 1 unspecified atom stereocenters. The summed E-state index contributed by atoms with van der Waals surface area (Å²) in [6, 6.07) is 5.07. The van der Waals surface area contributed by atoms with Crippen molar-refractivity contribution in [2.45, 2.75) is 41.5 Å². The van der Waals surface area contributed by atoms with E-state index in [9.17, 15) is 21.4 Å². The summed E-state index contributed by atoms with van der Waals surface area (Å²) in [5.74, 6) is -0.736. The van der Waals surface area contributed by atoms with Gasteiger partial charge in [0.15, 0.2) is 15.8 Å². The van der Waals surface area contributed by atoms with Gasteiger partial charge >= 0.3 is 0 Å². The third kappa shape index (κ3) is 5.63. The molecular weight excluding hydrogens is 588 g/mol. The monoisotopic (exact) mass is 613 g/mol. The Balaban J connectivity index is 1.67. The van der Waals surface area contributed by atoms with Crippen LogP contribution in [0.3, 0.4) is 0 Å². The van der Waals surface area contributed by atoms with Gasteiger partial charge in [0.05, 0.1) is 31.2 Å². The van der Waals surface area contributed by atoms with Crippen LogP contribution in [0.4, 0.5) is 13.2 Å². The van der Waals surface area contributed by atoms with E-state index in [1.165, 1.54) is 35.0 Å². The summed E-state index contributed by atoms with van der Waals surface area (Å²) in [5.41, 5.74) is -0.172. The number of aromatic nitrogens is 4. The Hall–Kier alpha value is -2.92. The maximum absolute atomic E-state index is 15.6. The van der Waals surface area contributed by atoms with Crippen molar-refractivity contribution >= 4 is 36.6 Å². The van der Waals surface area contributed by atoms with Crippen LogP contribution in [0.15, 0.2) is 46.5 Å². The molecule has 1 fully saturated rings. The Kier molecular flexibility index (Phi) is 7.27. The number of nitrogens with one attached hydrogen (secondary N) is 2. The van der Waals surface area contributed by atoms with Crippen molar-refractivity contribution in [1.29, 1.82) is 4.78 Å². The van der Waals surface area contributed by atoms with Gasteiger partial charge in [-0.15, -0.1) is 10.2 Å². The number of halogens is 3. The van der Waals surface area contributed by atoms with E-state index < -0.39 is 42.5 Å². The lowest BCUT2D eigenvalue weighted by Gasteiger charge is -2.16. The zero-order chi connectivity index (χ0) is 29.0. The minimum Gasteiger partial charge on any atom is -0.308 e. The molecule has 1 aliphatic carbocycles. The fourth-order valence-corrected chi connectivity index (χ4v) is 7.65. The van der Waals surface area contributed by atoms with Crippen LogP contribution in [0, 0.1) is 10.6 Å². The zero-order valence-electron chi connectivity index (χ0n) is 21.7. The van der Waals surface area contributed by atoms with Gasteiger partial charge in [-0.25, -0.2) is 40.3 Å². The number of fused-ring (bicyclic) bond motifs is 1. The minimum absolute atomic E-state index is 0.00956. The molecule has 1 aliphatic rings. The van der Waals surface area contributed by atoms with Crippen LogP contribution in [0.1, 0.15) is 31.2 Å². The largest absolute Gasteiger partial charge is 0.308 e. The first-order valence-corrected chi connectivity index (χ1v) is 16.1. The van der Waals surface area contributed by atoms with Gasteiger partial charge in [-0.1, -0.05) is 17.4 Å². The third-order valence-corrected chi connectivity index (χ3v) is 10.9. The molecule has 1 atom stereocenters. The Morgan fingerprint density at radius 1 is 1.15 bits per heavy atom. The van der Waals surface area contributed by atoms with Crippen LogP contribution >= 0.6 is 11.3 Å². The smallest absolute Gasteiger partial charge is 0.291 e. The van der Waals surface area contributed by atoms with Crippen molar-refractivity contribution in [3.63, 3.8) is 0 Å². The molecule has 1 saturated carbocycles. The molecule has 214 valence electrons. The molecule has 5 rings (SSSR count). The molecule has 0 aliphatic heterocycles. The number of hydrogen-bond donors (Lipinski definition) is 2. The van der Waals surface area contributed by atoms with Crippen molar-refractivity contribution < 1.29 is 25.8 Å². The number of hydrogen-bond acceptors (Lipinski definition) is 9. The standard InChI is InChI=1S/C24H26F3N7O3S3/c1-24(6-7-24)32-40(36,37)15-10-17(16-5-4-14(11-18(16)25)39(28,35)9-8-33(2)3)19-12-29-21(34(19)13-15)23-31-30-22(38-23)20(26)27/h4-5,10-13,20,28,32H,6-9H2,1-3H3. The van der Waals surface area contributed by atoms with Crippen LogP contribution < -0.4 is 4.72 Å². The van der Waals surface area contributed by atoms with Crippen molar-refractivity contribution in [3.05, 3.63) is 47.5 Å². The highest BCUT2D eigenvalue weighted by Gasteiger charge is 2.41. The van der Waals surface area contributed by atoms with Crippen molar-refractivity contribution in [3.8, 4) is 22.0 Å². The molecular formula is C24H26F3N7O3S3. The Labute approximate surface area is 233 Å². The number of benzene rings is 1. The topological polar surface area (TPSA) is 133 Å². The molecule has 0 amide bonds. The number of sulfonamides is 1. The number of imidazole rings is 1. The van der Waals surface area contributed by atoms with E-state index in [1.807, 2.05) is 0 Å². The van der Waals surface area contributed by atoms with E-state index in [2.05, 4.69) is 19.9 Å². The molecule has 16 heteroatoms. The summed E-state index contributed by atoms with van der Waals surface area (Å²) in [7, 11) is -3.80. The lowest BCUT2D eigenvalue weighted by Crippen LogP contribution is -2.34. The van der Waals surface area contributed by atoms with Crippen LogP contribution in [-0.2, 0) is 19.8 Å². The summed E-state index contributed by atoms with van der Waals surface area (Å²) >= 11 is 0.612. The number of nitrogens with zero attached hydrogens (tertiary/aromatic N) is 5. The van der Waals surface area contributed by atoms with E-state index >= 15 is 4.39 Å². The van der Waals surface area contributed by atoms with Gasteiger partial charge in [0.1, 0.15) is 5.82 Å². The summed E-state index contributed by atoms with van der Waals surface area (Å²) in [6.07, 6.45) is 1.12. The first-order chi connectivity index (χ1) is 18.7. The maximum atomic E-state index is 15.6. The molecule has 4 aromatic rings. The predicted octanol–water partition coefficient (Wildman–Crippen LogP) is 4.39. The quantitative estimate of drug-likeness (QED) is 0.271. The Bertz CT molecular complexity index is 1820. The van der Waals surface area contributed by atoms with E-state index in [-0.39, 0.29) is 43.0 Å². The lowest BCUT2D eigenvalue weighted by atomic mass is 10.1. The van der Waals surface area contributed by atoms with Gasteiger partial charge < -0.3 is 4.90 Å². The van der Waals surface area contributed by atoms with Gasteiger partial charge in [0, 0.05) is 35.2 Å². The molecule has 2 N–H and O–H groups in total. The average Bonchev–Trinajstić information content (AvgIpc) is 3.25. The second-order valence-electron chi connectivity index (χ2n) is 10.2. The molecule has 10 nitrogen and oxygen atoms in total. The normalized spacial score (nSPS) is 16.6. The van der Waals surface area contributed by atoms with Gasteiger partial charge in [0.25, 0.3) is 6.43 Å². The van der Waals surface area contributed by atoms with Crippen molar-refractivity contribution in [2.75, 3.05) is 26.4 Å². The summed E-state index contributed by atoms with van der Waals surface area (Å²) < 4.78 is 93.9. The molecule has 0 bridgehead atoms. The van der Waals surface area contributed by atoms with E-state index in [0.29, 0.717) is 30.7 Å². The number of rotatable bonds is 10. The third-order valence-electron chi connectivity index (χ3n) is 6.56. The van der Waals surface area contributed by atoms with E-state index in [0.717, 1.165) is 6.07 Å². The van der Waals surface area contributed by atoms with Crippen LogP contribution in [0.5, 0.6) is 0 Å². The first kappa shape index (κ1) is 28.6. The summed E-state index contributed by atoms with van der Waals surface area (Å²) in [5, 5.41) is 6.79. The first-order valence-electron chi connectivity index (χ1n) is 12.1. The van der Waals surface area contributed by atoms with E-state index in [4.69, 9.17) is 4.78 Å². The fraction of sp³-hybridized carbons (Fsp3) is 0.375. The van der Waals surface area contributed by atoms with E-state index in [1.54, 1.807) is 25.9 Å². The average molecular weight is 614 g/mol. The summed E-state index contributed by atoms with van der Waals surface area (Å²) in [4.78, 5) is 5.86. The second kappa shape index (κ2) is 10.2. The van der Waals surface area contributed by atoms with Gasteiger partial charge in [-0.2, -0.15) is 0 Å². The number of alkyl halides is 2. The highest BCUT2D eigenvalue weighted by atomic mass is 32.2. The molecule has 0 saturated heterocycles. The second-order valence-corrected chi connectivity index (χ2v) is 15.1. The van der Waals surface area contributed by atoms with Crippen molar-refractivity contribution in [2.24, 2.45) is 0 Å². The van der Waals surface area contributed by atoms with Crippen LogP contribution in [0.25, 0.3) is 27.5 Å². The fourth-order valence-electron chi connectivity index (χ4n) is 4.03. The van der Waals surface area contributed by atoms with Crippen molar-refractivity contribution in [1.82, 2.24) is 29.2 Å². The van der Waals surface area contributed by atoms with Gasteiger partial charge in [-0.05, 0) is 52.1 Å². The highest BCUT2D eigenvalue weighted by molar-refractivity contribution is 7.92. The maximum Gasteiger partial charge on any atom is 0.291 e. The molecule has 1 aromatic carbocycles. The Morgan fingerprint density at radius 3 is 2.48 bits per heavy atom. The highest BCUT2D eigenvalue weighted by Crippen LogP contribution is 2.38. The summed E-state index contributed by atoms with van der Waals surface area (Å²) in [6.45, 7) is 2.14. The molecule has 0 radical (unpaired) electrons. The molecule has 3 heterocycles. The van der Waals surface area contributed by atoms with Gasteiger partial charge in [0.2, 0.25) is 10.0 Å². The molecule has 0 spiro atoms. The predicted molar refractivity (Wildman–Crippen MR) is 145 cm³/mol. The lowest BCUT2D eigenvalue weighted by molar-refractivity contribution is 0.150. The SMILES string of the molecule is CN(C)CCS(=N)(=O)c1ccc(-c2cc(S(=O)(=O)NC3(C)CC3)cn3c(-c4nnc(C(F)F)s4)ncc23)c(F)c1. The molecule has 3 aromatic heterocycles. The van der Waals surface area contributed by atoms with Crippen LogP contribution in [0.2, 0.25) is 0 Å². The minimum atomic E-state index is -4.08. The molecule has 40 heavy (non-hydrogen) atoms. The van der Waals surface area contributed by atoms with Crippen LogP contribution in [-0.4, -0.2) is 69.0 Å². The van der Waals surface area contributed by atoms with Gasteiger partial charge in [-0.3, -0.25) is 4.40 Å². The zero-order valence-corrected chi connectivity index (χ0v) is 24.1. The number of pyridine rings is 1.